The summed E-state index contributed by atoms with van der Waals surface area (Å²) in [5, 5.41) is 29.6. The third kappa shape index (κ3) is 2.39. The third-order valence-electron chi connectivity index (χ3n) is 2.69. The number of carbonyl (C=O) groups excluding carboxylic acids is 1. The van der Waals surface area contributed by atoms with E-state index in [2.05, 4.69) is 0 Å². The van der Waals surface area contributed by atoms with E-state index in [1.165, 1.54) is 6.07 Å². The van der Waals surface area contributed by atoms with E-state index in [0.29, 0.717) is 24.1 Å². The lowest BCUT2D eigenvalue weighted by Crippen LogP contribution is -2.19. The zero-order chi connectivity index (χ0) is 14.0. The Morgan fingerprint density at radius 2 is 2.11 bits per heavy atom. The predicted octanol–water partition coefficient (Wildman–Crippen LogP) is 1.46. The molecule has 0 saturated carbocycles. The number of nitro groups is 1. The van der Waals surface area contributed by atoms with Crippen LogP contribution in [0.5, 0.6) is 11.5 Å². The van der Waals surface area contributed by atoms with Crippen LogP contribution < -0.4 is 4.90 Å². The van der Waals surface area contributed by atoms with Gasteiger partial charge in [-0.05, 0) is 6.08 Å². The fourth-order valence-electron chi connectivity index (χ4n) is 1.68. The van der Waals surface area contributed by atoms with Crippen molar-refractivity contribution in [2.24, 2.45) is 0 Å². The quantitative estimate of drug-likeness (QED) is 0.370. The maximum atomic E-state index is 10.7. The Balaban J connectivity index is 2.37. The number of rotatable bonds is 3. The first-order valence-corrected chi connectivity index (χ1v) is 5.33. The Hall–Kier alpha value is -2.83. The molecule has 19 heavy (non-hydrogen) atoms. The molecule has 1 aromatic rings. The first-order valence-electron chi connectivity index (χ1n) is 5.33. The topological polar surface area (TPSA) is 104 Å². The number of nitro benzene ring substituents is 1. The average Bonchev–Trinajstić information content (AvgIpc) is 2.41. The second-order valence-corrected chi connectivity index (χ2v) is 3.88. The molecular formula is C12H10N2O5. The van der Waals surface area contributed by atoms with Crippen LogP contribution in [0.25, 0.3) is 0 Å². The predicted molar refractivity (Wildman–Crippen MR) is 67.1 cm³/mol. The number of aldehydes is 1. The summed E-state index contributed by atoms with van der Waals surface area (Å²) in [7, 11) is 0. The Morgan fingerprint density at radius 1 is 1.37 bits per heavy atom. The fourth-order valence-corrected chi connectivity index (χ4v) is 1.68. The SMILES string of the molecule is O=CC1=CCN(c2cc(O)c(O)c([N+](=O)[O-])c2)C=C1. The molecule has 1 aliphatic rings. The van der Waals surface area contributed by atoms with Crippen LogP contribution in [0, 0.1) is 10.1 Å². The van der Waals surface area contributed by atoms with Crippen LogP contribution in [0.3, 0.4) is 0 Å². The minimum absolute atomic E-state index is 0.339. The van der Waals surface area contributed by atoms with Gasteiger partial charge in [0.25, 0.3) is 0 Å². The second kappa shape index (κ2) is 4.81. The number of phenolic OH excluding ortho intramolecular Hbond substituents is 2. The monoisotopic (exact) mass is 262 g/mol. The van der Waals surface area contributed by atoms with E-state index >= 15 is 0 Å². The summed E-state index contributed by atoms with van der Waals surface area (Å²) >= 11 is 0. The van der Waals surface area contributed by atoms with Gasteiger partial charge < -0.3 is 15.1 Å². The van der Waals surface area contributed by atoms with Gasteiger partial charge in [-0.15, -0.1) is 0 Å². The smallest absolute Gasteiger partial charge is 0.316 e. The Labute approximate surface area is 107 Å². The van der Waals surface area contributed by atoms with Gasteiger partial charge >= 0.3 is 5.69 Å². The summed E-state index contributed by atoms with van der Waals surface area (Å²) in [5.41, 5.74) is 0.279. The molecular weight excluding hydrogens is 252 g/mol. The zero-order valence-electron chi connectivity index (χ0n) is 9.68. The van der Waals surface area contributed by atoms with Gasteiger partial charge in [-0.2, -0.15) is 0 Å². The molecule has 1 aromatic carbocycles. The number of phenols is 2. The molecule has 0 spiro atoms. The van der Waals surface area contributed by atoms with Crippen molar-refractivity contribution in [1.29, 1.82) is 0 Å². The molecule has 1 aliphatic heterocycles. The molecule has 7 heteroatoms. The standard InChI is InChI=1S/C12H10N2O5/c15-7-8-1-3-13(4-2-8)9-5-10(14(18)19)12(17)11(16)6-9/h1-3,5-7,16-17H,4H2. The maximum absolute atomic E-state index is 10.7. The van der Waals surface area contributed by atoms with Crippen LogP contribution in [-0.4, -0.2) is 28.0 Å². The number of anilines is 1. The van der Waals surface area contributed by atoms with Crippen molar-refractivity contribution in [1.82, 2.24) is 0 Å². The lowest BCUT2D eigenvalue weighted by atomic mass is 10.1. The van der Waals surface area contributed by atoms with Gasteiger partial charge in [0.2, 0.25) is 5.75 Å². The Bertz CT molecular complexity index is 606. The van der Waals surface area contributed by atoms with Gasteiger partial charge in [0.05, 0.1) is 10.6 Å². The van der Waals surface area contributed by atoms with Gasteiger partial charge in [0.1, 0.15) is 6.29 Å². The van der Waals surface area contributed by atoms with Gasteiger partial charge in [-0.25, -0.2) is 0 Å². The maximum Gasteiger partial charge on any atom is 0.316 e. The van der Waals surface area contributed by atoms with Crippen LogP contribution in [0.15, 0.2) is 36.1 Å². The van der Waals surface area contributed by atoms with E-state index in [0.717, 1.165) is 6.07 Å². The molecule has 0 radical (unpaired) electrons. The highest BCUT2D eigenvalue weighted by molar-refractivity contribution is 5.79. The Morgan fingerprint density at radius 3 is 2.63 bits per heavy atom. The van der Waals surface area contributed by atoms with E-state index in [-0.39, 0.29) is 0 Å². The molecule has 7 nitrogen and oxygen atoms in total. The summed E-state index contributed by atoms with van der Waals surface area (Å²) in [6, 6.07) is 2.37. The van der Waals surface area contributed by atoms with Crippen molar-refractivity contribution < 1.29 is 19.9 Å². The van der Waals surface area contributed by atoms with E-state index < -0.39 is 22.1 Å². The first-order chi connectivity index (χ1) is 9.02. The van der Waals surface area contributed by atoms with Gasteiger partial charge in [-0.3, -0.25) is 14.9 Å². The number of hydrogen-bond acceptors (Lipinski definition) is 6. The average molecular weight is 262 g/mol. The van der Waals surface area contributed by atoms with E-state index in [1.54, 1.807) is 23.3 Å². The first kappa shape index (κ1) is 12.6. The molecule has 0 aromatic heterocycles. The van der Waals surface area contributed by atoms with E-state index in [9.17, 15) is 25.1 Å². The van der Waals surface area contributed by atoms with E-state index in [1.807, 2.05) is 0 Å². The molecule has 2 rings (SSSR count). The third-order valence-corrected chi connectivity index (χ3v) is 2.69. The lowest BCUT2D eigenvalue weighted by molar-refractivity contribution is -0.385. The fraction of sp³-hybridized carbons (Fsp3) is 0.0833. The van der Waals surface area contributed by atoms with Gasteiger partial charge in [0, 0.05) is 30.5 Å². The minimum atomic E-state index is -0.779. The highest BCUT2D eigenvalue weighted by atomic mass is 16.6. The molecule has 0 unspecified atom stereocenters. The number of hydrogen-bond donors (Lipinski definition) is 2. The van der Waals surface area contributed by atoms with Crippen LogP contribution in [0.4, 0.5) is 11.4 Å². The number of carbonyl (C=O) groups is 1. The highest BCUT2D eigenvalue weighted by Gasteiger charge is 2.21. The lowest BCUT2D eigenvalue weighted by Gasteiger charge is -2.21. The molecule has 0 amide bonds. The highest BCUT2D eigenvalue weighted by Crippen LogP contribution is 2.39. The van der Waals surface area contributed by atoms with Crippen LogP contribution >= 0.6 is 0 Å². The van der Waals surface area contributed by atoms with Crippen molar-refractivity contribution >= 4 is 17.7 Å². The minimum Gasteiger partial charge on any atom is -0.504 e. The van der Waals surface area contributed by atoms with Crippen molar-refractivity contribution in [2.45, 2.75) is 0 Å². The number of aromatic hydroxyl groups is 2. The summed E-state index contributed by atoms with van der Waals surface area (Å²) in [5.74, 6) is -1.33. The number of benzene rings is 1. The summed E-state index contributed by atoms with van der Waals surface area (Å²) < 4.78 is 0. The molecule has 1 heterocycles. The van der Waals surface area contributed by atoms with Crippen molar-refractivity contribution in [2.75, 3.05) is 11.4 Å². The second-order valence-electron chi connectivity index (χ2n) is 3.88. The zero-order valence-corrected chi connectivity index (χ0v) is 9.68. The molecule has 2 N–H and O–H groups in total. The van der Waals surface area contributed by atoms with Crippen molar-refractivity contribution in [3.8, 4) is 11.5 Å². The number of allylic oxidation sites excluding steroid dienone is 2. The summed E-state index contributed by atoms with van der Waals surface area (Å²) in [6.07, 6.45) is 5.46. The molecule has 0 aliphatic carbocycles. The van der Waals surface area contributed by atoms with Crippen LogP contribution in [-0.2, 0) is 4.79 Å². The summed E-state index contributed by atoms with van der Waals surface area (Å²) in [4.78, 5) is 22.1. The largest absolute Gasteiger partial charge is 0.504 e. The van der Waals surface area contributed by atoms with Gasteiger partial charge in [0.15, 0.2) is 5.75 Å². The molecule has 0 fully saturated rings. The van der Waals surface area contributed by atoms with Crippen LogP contribution in [0.1, 0.15) is 0 Å². The van der Waals surface area contributed by atoms with Crippen molar-refractivity contribution in [3.63, 3.8) is 0 Å². The Kier molecular flexibility index (Phi) is 3.19. The normalized spacial score (nSPS) is 14.1. The molecule has 98 valence electrons. The van der Waals surface area contributed by atoms with Crippen molar-refractivity contribution in [3.05, 3.63) is 46.2 Å². The molecule has 0 atom stereocenters. The van der Waals surface area contributed by atoms with Gasteiger partial charge in [-0.1, -0.05) is 6.08 Å². The van der Waals surface area contributed by atoms with E-state index in [4.69, 9.17) is 0 Å². The molecule has 0 bridgehead atoms. The summed E-state index contributed by atoms with van der Waals surface area (Å²) in [6.45, 7) is 0.339. The number of nitrogens with zero attached hydrogens (tertiary/aromatic N) is 2. The van der Waals surface area contributed by atoms with Crippen LogP contribution in [0.2, 0.25) is 0 Å². The molecule has 0 saturated heterocycles.